The Kier molecular flexibility index (Phi) is 3.49. The molecule has 0 aliphatic rings. The normalized spacial score (nSPS) is 10.9. The van der Waals surface area contributed by atoms with Gasteiger partial charge in [-0.15, -0.1) is 0 Å². The highest BCUT2D eigenvalue weighted by molar-refractivity contribution is 5.76. The van der Waals surface area contributed by atoms with Gasteiger partial charge in [0, 0.05) is 31.9 Å². The maximum Gasteiger partial charge on any atom is 0.417 e. The number of nitrogens with one attached hydrogen (secondary N) is 2. The Morgan fingerprint density at radius 3 is 3.06 bits per heavy atom. The van der Waals surface area contributed by atoms with E-state index in [0.717, 1.165) is 30.8 Å². The van der Waals surface area contributed by atoms with Gasteiger partial charge >= 0.3 is 5.76 Å². The summed E-state index contributed by atoms with van der Waals surface area (Å²) in [6, 6.07) is 5.71. The lowest BCUT2D eigenvalue weighted by Crippen LogP contribution is -2.28. The number of rotatable bonds is 5. The van der Waals surface area contributed by atoms with Crippen LogP contribution >= 0.6 is 0 Å². The summed E-state index contributed by atoms with van der Waals surface area (Å²) in [7, 11) is 2.02. The predicted molar refractivity (Wildman–Crippen MR) is 68.6 cm³/mol. The monoisotopic (exact) mass is 235 g/mol. The van der Waals surface area contributed by atoms with Gasteiger partial charge in [-0.1, -0.05) is 6.92 Å². The van der Waals surface area contributed by atoms with Crippen molar-refractivity contribution in [2.75, 3.05) is 31.6 Å². The van der Waals surface area contributed by atoms with E-state index in [0.29, 0.717) is 5.58 Å². The molecule has 2 aromatic rings. The first-order chi connectivity index (χ1) is 8.20. The molecule has 0 radical (unpaired) electrons. The fraction of sp³-hybridized carbons (Fsp3) is 0.417. The minimum absolute atomic E-state index is 0.410. The van der Waals surface area contributed by atoms with E-state index in [-0.39, 0.29) is 0 Å². The van der Waals surface area contributed by atoms with Crippen molar-refractivity contribution in [3.63, 3.8) is 0 Å². The van der Waals surface area contributed by atoms with E-state index in [4.69, 9.17) is 4.42 Å². The van der Waals surface area contributed by atoms with Gasteiger partial charge in [0.2, 0.25) is 0 Å². The molecule has 0 bridgehead atoms. The second-order valence-corrected chi connectivity index (χ2v) is 3.97. The van der Waals surface area contributed by atoms with Gasteiger partial charge in [0.25, 0.3) is 0 Å². The molecule has 17 heavy (non-hydrogen) atoms. The van der Waals surface area contributed by atoms with Crippen LogP contribution in [-0.2, 0) is 0 Å². The molecule has 2 N–H and O–H groups in total. The average Bonchev–Trinajstić information content (AvgIpc) is 2.68. The molecule has 2 rings (SSSR count). The summed E-state index contributed by atoms with van der Waals surface area (Å²) in [6.45, 7) is 4.90. The molecule has 0 aliphatic heterocycles. The minimum Gasteiger partial charge on any atom is -0.408 e. The van der Waals surface area contributed by atoms with Gasteiger partial charge < -0.3 is 14.6 Å². The van der Waals surface area contributed by atoms with E-state index in [1.807, 2.05) is 25.2 Å². The zero-order valence-corrected chi connectivity index (χ0v) is 10.1. The van der Waals surface area contributed by atoms with Crippen LogP contribution in [0.3, 0.4) is 0 Å². The van der Waals surface area contributed by atoms with Gasteiger partial charge in [0.05, 0.1) is 5.52 Å². The van der Waals surface area contributed by atoms with Crippen LogP contribution in [0.1, 0.15) is 6.92 Å². The number of H-pyrrole nitrogens is 1. The van der Waals surface area contributed by atoms with Crippen LogP contribution in [0.5, 0.6) is 0 Å². The third-order valence-electron chi connectivity index (χ3n) is 2.72. The highest BCUT2D eigenvalue weighted by atomic mass is 16.4. The summed E-state index contributed by atoms with van der Waals surface area (Å²) in [6.07, 6.45) is 0. The highest BCUT2D eigenvalue weighted by Gasteiger charge is 2.05. The van der Waals surface area contributed by atoms with Crippen molar-refractivity contribution in [1.82, 2.24) is 10.3 Å². The van der Waals surface area contributed by atoms with Gasteiger partial charge in [-0.25, -0.2) is 4.79 Å². The zero-order valence-electron chi connectivity index (χ0n) is 10.1. The van der Waals surface area contributed by atoms with Gasteiger partial charge in [-0.3, -0.25) is 4.98 Å². The largest absolute Gasteiger partial charge is 0.417 e. The SMILES string of the molecule is CCNCCN(C)c1ccc2[nH]c(=O)oc2c1. The van der Waals surface area contributed by atoms with E-state index in [1.165, 1.54) is 0 Å². The molecular formula is C12H17N3O2. The smallest absolute Gasteiger partial charge is 0.408 e. The minimum atomic E-state index is -0.410. The molecule has 5 nitrogen and oxygen atoms in total. The Bertz CT molecular complexity index is 544. The Labute approximate surface area is 99.4 Å². The summed E-state index contributed by atoms with van der Waals surface area (Å²) < 4.78 is 5.03. The number of nitrogens with zero attached hydrogens (tertiary/aromatic N) is 1. The van der Waals surface area contributed by atoms with Gasteiger partial charge in [-0.2, -0.15) is 0 Å². The Hall–Kier alpha value is -1.75. The van der Waals surface area contributed by atoms with Crippen molar-refractivity contribution < 1.29 is 4.42 Å². The molecule has 0 unspecified atom stereocenters. The maximum absolute atomic E-state index is 11.0. The summed E-state index contributed by atoms with van der Waals surface area (Å²) in [4.78, 5) is 15.8. The summed E-state index contributed by atoms with van der Waals surface area (Å²) in [5.41, 5.74) is 2.37. The summed E-state index contributed by atoms with van der Waals surface area (Å²) in [5, 5.41) is 3.27. The molecule has 0 amide bonds. The number of hydrogen-bond acceptors (Lipinski definition) is 4. The average molecular weight is 235 g/mol. The molecule has 1 aromatic carbocycles. The second-order valence-electron chi connectivity index (χ2n) is 3.97. The topological polar surface area (TPSA) is 61.3 Å². The van der Waals surface area contributed by atoms with Crippen LogP contribution in [0, 0.1) is 0 Å². The van der Waals surface area contributed by atoms with E-state index in [9.17, 15) is 4.79 Å². The van der Waals surface area contributed by atoms with Crippen LogP contribution in [0.25, 0.3) is 11.1 Å². The number of aromatic amines is 1. The van der Waals surface area contributed by atoms with E-state index in [2.05, 4.69) is 22.1 Å². The zero-order chi connectivity index (χ0) is 12.3. The third kappa shape index (κ3) is 2.68. The lowest BCUT2D eigenvalue weighted by molar-refractivity contribution is 0.555. The number of hydrogen-bond donors (Lipinski definition) is 2. The maximum atomic E-state index is 11.0. The summed E-state index contributed by atoms with van der Waals surface area (Å²) in [5.74, 6) is -0.410. The van der Waals surface area contributed by atoms with Crippen molar-refractivity contribution in [3.05, 3.63) is 28.7 Å². The van der Waals surface area contributed by atoms with Crippen LogP contribution in [-0.4, -0.2) is 31.7 Å². The molecule has 92 valence electrons. The first-order valence-electron chi connectivity index (χ1n) is 5.75. The van der Waals surface area contributed by atoms with Crippen LogP contribution < -0.4 is 16.0 Å². The molecule has 0 fully saturated rings. The highest BCUT2D eigenvalue weighted by Crippen LogP contribution is 2.18. The van der Waals surface area contributed by atoms with Crippen molar-refractivity contribution >= 4 is 16.8 Å². The van der Waals surface area contributed by atoms with Crippen LogP contribution in [0.2, 0.25) is 0 Å². The third-order valence-corrected chi connectivity index (χ3v) is 2.72. The van der Waals surface area contributed by atoms with E-state index < -0.39 is 5.76 Å². The lowest BCUT2D eigenvalue weighted by atomic mass is 10.2. The fourth-order valence-electron chi connectivity index (χ4n) is 1.72. The molecule has 0 saturated heterocycles. The second kappa shape index (κ2) is 5.05. The quantitative estimate of drug-likeness (QED) is 0.764. The van der Waals surface area contributed by atoms with Crippen molar-refractivity contribution in [2.24, 2.45) is 0 Å². The first-order valence-corrected chi connectivity index (χ1v) is 5.75. The van der Waals surface area contributed by atoms with Crippen molar-refractivity contribution in [3.8, 4) is 0 Å². The molecule has 0 saturated carbocycles. The first kappa shape index (κ1) is 11.7. The van der Waals surface area contributed by atoms with E-state index in [1.54, 1.807) is 0 Å². The van der Waals surface area contributed by atoms with Crippen LogP contribution in [0.4, 0.5) is 5.69 Å². The number of aromatic nitrogens is 1. The molecule has 5 heteroatoms. The Balaban J connectivity index is 2.14. The molecule has 1 aromatic heterocycles. The van der Waals surface area contributed by atoms with Gasteiger partial charge in [-0.05, 0) is 18.7 Å². The molecule has 0 aliphatic carbocycles. The summed E-state index contributed by atoms with van der Waals surface area (Å²) >= 11 is 0. The fourth-order valence-corrected chi connectivity index (χ4v) is 1.72. The Morgan fingerprint density at radius 1 is 1.47 bits per heavy atom. The van der Waals surface area contributed by atoms with Crippen LogP contribution in [0.15, 0.2) is 27.4 Å². The predicted octanol–water partition coefficient (Wildman–Crippen LogP) is 1.17. The molecule has 0 atom stereocenters. The lowest BCUT2D eigenvalue weighted by Gasteiger charge is -2.19. The molecule has 1 heterocycles. The molecular weight excluding hydrogens is 218 g/mol. The van der Waals surface area contributed by atoms with E-state index >= 15 is 0 Å². The number of fused-ring (bicyclic) bond motifs is 1. The Morgan fingerprint density at radius 2 is 2.29 bits per heavy atom. The van der Waals surface area contributed by atoms with Gasteiger partial charge in [0.1, 0.15) is 0 Å². The number of likely N-dealkylation sites (N-methyl/N-ethyl adjacent to an activating group) is 2. The standard InChI is InChI=1S/C12H17N3O2/c1-3-13-6-7-15(2)9-4-5-10-11(8-9)17-12(16)14-10/h4-5,8,13H,3,6-7H2,1-2H3,(H,14,16). The van der Waals surface area contributed by atoms with Crippen molar-refractivity contribution in [2.45, 2.75) is 6.92 Å². The van der Waals surface area contributed by atoms with Gasteiger partial charge in [0.15, 0.2) is 5.58 Å². The number of oxazole rings is 1. The molecule has 0 spiro atoms. The number of anilines is 1. The van der Waals surface area contributed by atoms with Crippen molar-refractivity contribution in [1.29, 1.82) is 0 Å². The number of benzene rings is 1.